The molecule has 7 nitrogen and oxygen atoms in total. The summed E-state index contributed by atoms with van der Waals surface area (Å²) in [6, 6.07) is 10.7. The Hall–Kier alpha value is -3.09. The molecule has 0 bridgehead atoms. The van der Waals surface area contributed by atoms with E-state index in [0.717, 1.165) is 5.56 Å². The van der Waals surface area contributed by atoms with Gasteiger partial charge in [-0.1, -0.05) is 6.07 Å². The van der Waals surface area contributed by atoms with Gasteiger partial charge in [0.25, 0.3) is 5.91 Å². The number of ether oxygens (including phenoxy) is 5. The van der Waals surface area contributed by atoms with E-state index < -0.39 is 6.10 Å². The predicted molar refractivity (Wildman–Crippen MR) is 101 cm³/mol. The van der Waals surface area contributed by atoms with Crippen molar-refractivity contribution in [2.24, 2.45) is 0 Å². The molecule has 1 amide bonds. The van der Waals surface area contributed by atoms with E-state index in [9.17, 15) is 4.79 Å². The Morgan fingerprint density at radius 3 is 2.26 bits per heavy atom. The van der Waals surface area contributed by atoms with Crippen LogP contribution in [0.4, 0.5) is 0 Å². The highest BCUT2D eigenvalue weighted by molar-refractivity contribution is 5.80. The Morgan fingerprint density at radius 2 is 1.63 bits per heavy atom. The molecule has 0 aromatic heterocycles. The van der Waals surface area contributed by atoms with Gasteiger partial charge in [0.05, 0.1) is 28.4 Å². The maximum atomic E-state index is 12.4. The maximum absolute atomic E-state index is 12.4. The highest BCUT2D eigenvalue weighted by atomic mass is 16.5. The molecular weight excluding hydrogens is 350 g/mol. The van der Waals surface area contributed by atoms with Crippen molar-refractivity contribution < 1.29 is 28.5 Å². The highest BCUT2D eigenvalue weighted by Crippen LogP contribution is 2.39. The molecule has 0 heterocycles. The molecule has 2 rings (SSSR count). The Morgan fingerprint density at radius 1 is 0.926 bits per heavy atom. The number of benzene rings is 2. The molecule has 0 saturated heterocycles. The van der Waals surface area contributed by atoms with Crippen LogP contribution in [0.2, 0.25) is 0 Å². The molecule has 0 aliphatic carbocycles. The van der Waals surface area contributed by atoms with Crippen molar-refractivity contribution in [1.82, 2.24) is 5.32 Å². The van der Waals surface area contributed by atoms with E-state index in [1.807, 2.05) is 6.07 Å². The molecule has 1 atom stereocenters. The Bertz CT molecular complexity index is 777. The van der Waals surface area contributed by atoms with Crippen molar-refractivity contribution in [3.63, 3.8) is 0 Å². The molecule has 0 spiro atoms. The molecule has 7 heteroatoms. The summed E-state index contributed by atoms with van der Waals surface area (Å²) in [6.45, 7) is 1.94. The number of hydrogen-bond acceptors (Lipinski definition) is 6. The standard InChI is InChI=1S/C20H25NO6/c1-13(27-16-8-6-7-15(11-16)23-2)20(22)21-12-14-9-10-17(24-3)19(26-5)18(14)25-4/h6-11,13H,12H2,1-5H3,(H,21,22)/t13-/m1/s1. The van der Waals surface area contributed by atoms with Crippen molar-refractivity contribution >= 4 is 5.91 Å². The first-order valence-electron chi connectivity index (χ1n) is 8.40. The molecule has 1 N–H and O–H groups in total. The van der Waals surface area contributed by atoms with Crippen LogP contribution >= 0.6 is 0 Å². The summed E-state index contributed by atoms with van der Waals surface area (Å²) in [4.78, 5) is 12.4. The van der Waals surface area contributed by atoms with Crippen molar-refractivity contribution in [2.45, 2.75) is 19.6 Å². The van der Waals surface area contributed by atoms with Crippen molar-refractivity contribution in [2.75, 3.05) is 28.4 Å². The second-order valence-corrected chi connectivity index (χ2v) is 5.65. The maximum Gasteiger partial charge on any atom is 0.261 e. The smallest absolute Gasteiger partial charge is 0.261 e. The Balaban J connectivity index is 2.04. The zero-order valence-corrected chi connectivity index (χ0v) is 16.2. The summed E-state index contributed by atoms with van der Waals surface area (Å²) in [5.41, 5.74) is 0.761. The van der Waals surface area contributed by atoms with Gasteiger partial charge in [0, 0.05) is 18.2 Å². The minimum Gasteiger partial charge on any atom is -0.497 e. The normalized spacial score (nSPS) is 11.3. The lowest BCUT2D eigenvalue weighted by Crippen LogP contribution is -2.36. The van der Waals surface area contributed by atoms with E-state index in [4.69, 9.17) is 23.7 Å². The van der Waals surface area contributed by atoms with E-state index in [0.29, 0.717) is 28.7 Å². The Kier molecular flexibility index (Phi) is 7.16. The first-order chi connectivity index (χ1) is 13.0. The molecule has 27 heavy (non-hydrogen) atoms. The second kappa shape index (κ2) is 9.56. The topological polar surface area (TPSA) is 75.3 Å². The van der Waals surface area contributed by atoms with E-state index in [1.54, 1.807) is 51.5 Å². The van der Waals surface area contributed by atoms with Crippen LogP contribution in [0.15, 0.2) is 36.4 Å². The van der Waals surface area contributed by atoms with Gasteiger partial charge in [-0.15, -0.1) is 0 Å². The largest absolute Gasteiger partial charge is 0.497 e. The minimum atomic E-state index is -0.678. The van der Waals surface area contributed by atoms with Gasteiger partial charge in [0.15, 0.2) is 17.6 Å². The number of carbonyl (C=O) groups excluding carboxylic acids is 1. The van der Waals surface area contributed by atoms with Gasteiger partial charge in [-0.2, -0.15) is 0 Å². The van der Waals surface area contributed by atoms with Crippen LogP contribution in [0, 0.1) is 0 Å². The lowest BCUT2D eigenvalue weighted by Gasteiger charge is -2.18. The van der Waals surface area contributed by atoms with Gasteiger partial charge in [-0.25, -0.2) is 0 Å². The first kappa shape index (κ1) is 20.2. The lowest BCUT2D eigenvalue weighted by atomic mass is 10.1. The van der Waals surface area contributed by atoms with Crippen LogP contribution < -0.4 is 29.0 Å². The number of carbonyl (C=O) groups is 1. The average molecular weight is 375 g/mol. The van der Waals surface area contributed by atoms with Crippen molar-refractivity contribution in [1.29, 1.82) is 0 Å². The summed E-state index contributed by atoms with van der Waals surface area (Å²) < 4.78 is 26.9. The fraction of sp³-hybridized carbons (Fsp3) is 0.350. The zero-order valence-electron chi connectivity index (χ0n) is 16.2. The van der Waals surface area contributed by atoms with E-state index >= 15 is 0 Å². The number of rotatable bonds is 9. The monoisotopic (exact) mass is 375 g/mol. The Labute approximate surface area is 159 Å². The first-order valence-corrected chi connectivity index (χ1v) is 8.40. The summed E-state index contributed by atoms with van der Waals surface area (Å²) in [5.74, 6) is 2.51. The molecule has 0 fully saturated rings. The van der Waals surface area contributed by atoms with Gasteiger partial charge in [0.1, 0.15) is 11.5 Å². The van der Waals surface area contributed by atoms with Crippen LogP contribution in [0.25, 0.3) is 0 Å². The van der Waals surface area contributed by atoms with Gasteiger partial charge in [-0.3, -0.25) is 4.79 Å². The molecule has 0 aliphatic heterocycles. The fourth-order valence-corrected chi connectivity index (χ4v) is 2.56. The number of methoxy groups -OCH3 is 4. The van der Waals surface area contributed by atoms with Gasteiger partial charge < -0.3 is 29.0 Å². The third-order valence-electron chi connectivity index (χ3n) is 3.96. The van der Waals surface area contributed by atoms with Crippen LogP contribution in [0.5, 0.6) is 28.7 Å². The third-order valence-corrected chi connectivity index (χ3v) is 3.96. The van der Waals surface area contributed by atoms with E-state index in [2.05, 4.69) is 5.32 Å². The molecule has 2 aromatic rings. The summed E-state index contributed by atoms with van der Waals surface area (Å²) in [6.07, 6.45) is -0.678. The molecule has 0 radical (unpaired) electrons. The summed E-state index contributed by atoms with van der Waals surface area (Å²) >= 11 is 0. The number of hydrogen-bond donors (Lipinski definition) is 1. The quantitative estimate of drug-likeness (QED) is 0.726. The van der Waals surface area contributed by atoms with Crippen molar-refractivity contribution in [3.05, 3.63) is 42.0 Å². The molecular formula is C20H25NO6. The lowest BCUT2D eigenvalue weighted by molar-refractivity contribution is -0.127. The minimum absolute atomic E-state index is 0.255. The third kappa shape index (κ3) is 4.97. The number of amides is 1. The van der Waals surface area contributed by atoms with Crippen LogP contribution in [-0.4, -0.2) is 40.5 Å². The zero-order chi connectivity index (χ0) is 19.8. The van der Waals surface area contributed by atoms with E-state index in [-0.39, 0.29) is 12.5 Å². The van der Waals surface area contributed by atoms with Crippen LogP contribution in [0.3, 0.4) is 0 Å². The SMILES string of the molecule is COc1cccc(O[C@H](C)C(=O)NCc2ccc(OC)c(OC)c2OC)c1. The number of nitrogens with one attached hydrogen (secondary N) is 1. The second-order valence-electron chi connectivity index (χ2n) is 5.65. The van der Waals surface area contributed by atoms with Crippen molar-refractivity contribution in [3.8, 4) is 28.7 Å². The highest BCUT2D eigenvalue weighted by Gasteiger charge is 2.19. The van der Waals surface area contributed by atoms with Crippen LogP contribution in [0.1, 0.15) is 12.5 Å². The average Bonchev–Trinajstić information content (AvgIpc) is 2.70. The van der Waals surface area contributed by atoms with Gasteiger partial charge >= 0.3 is 0 Å². The molecule has 2 aromatic carbocycles. The summed E-state index contributed by atoms with van der Waals surface area (Å²) in [7, 11) is 6.20. The molecule has 0 saturated carbocycles. The summed E-state index contributed by atoms with van der Waals surface area (Å²) in [5, 5.41) is 2.84. The van der Waals surface area contributed by atoms with Gasteiger partial charge in [0.2, 0.25) is 5.75 Å². The molecule has 0 unspecified atom stereocenters. The fourth-order valence-electron chi connectivity index (χ4n) is 2.56. The molecule has 0 aliphatic rings. The van der Waals surface area contributed by atoms with Crippen LogP contribution in [-0.2, 0) is 11.3 Å². The predicted octanol–water partition coefficient (Wildman–Crippen LogP) is 2.80. The molecule has 146 valence electrons. The van der Waals surface area contributed by atoms with E-state index in [1.165, 1.54) is 14.2 Å². The van der Waals surface area contributed by atoms with Gasteiger partial charge in [-0.05, 0) is 31.2 Å².